The second-order valence-electron chi connectivity index (χ2n) is 6.16. The van der Waals surface area contributed by atoms with Gasteiger partial charge in [0.05, 0.1) is 6.04 Å². The smallest absolute Gasteiger partial charge is 0.395 e. The number of carbonyl (C=O) groups excluding carboxylic acids is 2. The van der Waals surface area contributed by atoms with E-state index in [1.165, 1.54) is 12.1 Å². The highest BCUT2D eigenvalue weighted by Gasteiger charge is 2.43. The summed E-state index contributed by atoms with van der Waals surface area (Å²) in [6, 6.07) is 8.82. The van der Waals surface area contributed by atoms with E-state index in [1.54, 1.807) is 12.1 Å². The molecule has 2 amide bonds. The van der Waals surface area contributed by atoms with E-state index in [0.717, 1.165) is 17.2 Å². The Labute approximate surface area is 157 Å². The Morgan fingerprint density at radius 1 is 1.11 bits per heavy atom. The highest BCUT2D eigenvalue weighted by molar-refractivity contribution is 6.39. The Balaban J connectivity index is 1.42. The van der Waals surface area contributed by atoms with Gasteiger partial charge in [0.1, 0.15) is 0 Å². The molecule has 1 aliphatic heterocycles. The van der Waals surface area contributed by atoms with Crippen LogP contribution in [0.15, 0.2) is 36.4 Å². The number of fused-ring (bicyclic) bond motifs is 2. The predicted molar refractivity (Wildman–Crippen MR) is 91.9 cm³/mol. The third kappa shape index (κ3) is 3.40. The van der Waals surface area contributed by atoms with Crippen LogP contribution < -0.4 is 20.1 Å². The minimum Gasteiger partial charge on any atom is -0.395 e. The van der Waals surface area contributed by atoms with Crippen LogP contribution >= 0.6 is 11.6 Å². The largest absolute Gasteiger partial charge is 0.586 e. The van der Waals surface area contributed by atoms with Crippen molar-refractivity contribution in [2.45, 2.75) is 25.2 Å². The summed E-state index contributed by atoms with van der Waals surface area (Å²) in [7, 11) is 0. The Morgan fingerprint density at radius 2 is 1.89 bits per heavy atom. The summed E-state index contributed by atoms with van der Waals surface area (Å²) in [6.07, 6.45) is -2.41. The number of hydrogen-bond donors (Lipinski definition) is 2. The average molecular weight is 395 g/mol. The number of hydrogen-bond acceptors (Lipinski definition) is 4. The standard InChI is InChI=1S/C18H13ClF2N2O4/c19-12-3-1-2-11-10(12)5-6-13(11)23-17(25)16(24)22-9-4-7-14-15(8-9)27-18(20,21)26-14/h1-4,7-8,13H,5-6H2,(H,22,24)(H,23,25). The molecule has 9 heteroatoms. The second-order valence-corrected chi connectivity index (χ2v) is 6.56. The summed E-state index contributed by atoms with van der Waals surface area (Å²) < 4.78 is 34.7. The summed E-state index contributed by atoms with van der Waals surface area (Å²) in [5, 5.41) is 5.64. The lowest BCUT2D eigenvalue weighted by Gasteiger charge is -2.14. The van der Waals surface area contributed by atoms with Crippen molar-refractivity contribution in [3.63, 3.8) is 0 Å². The molecule has 0 saturated carbocycles. The Hall–Kier alpha value is -2.87. The van der Waals surface area contributed by atoms with Crippen LogP contribution in [0.3, 0.4) is 0 Å². The van der Waals surface area contributed by atoms with Crippen molar-refractivity contribution in [2.24, 2.45) is 0 Å². The molecule has 0 spiro atoms. The number of ether oxygens (including phenoxy) is 2. The lowest BCUT2D eigenvalue weighted by atomic mass is 10.1. The number of nitrogens with one attached hydrogen (secondary N) is 2. The maximum Gasteiger partial charge on any atom is 0.586 e. The van der Waals surface area contributed by atoms with Gasteiger partial charge in [0.25, 0.3) is 0 Å². The van der Waals surface area contributed by atoms with E-state index in [2.05, 4.69) is 20.1 Å². The van der Waals surface area contributed by atoms with Crippen molar-refractivity contribution in [3.05, 3.63) is 52.5 Å². The van der Waals surface area contributed by atoms with Gasteiger partial charge in [-0.05, 0) is 42.2 Å². The fraction of sp³-hybridized carbons (Fsp3) is 0.222. The van der Waals surface area contributed by atoms with E-state index in [0.29, 0.717) is 17.9 Å². The topological polar surface area (TPSA) is 76.7 Å². The summed E-state index contributed by atoms with van der Waals surface area (Å²) in [5.41, 5.74) is 1.97. The van der Waals surface area contributed by atoms with Crippen LogP contribution in [0.2, 0.25) is 5.02 Å². The molecule has 1 unspecified atom stereocenters. The summed E-state index contributed by atoms with van der Waals surface area (Å²) in [4.78, 5) is 24.3. The monoisotopic (exact) mass is 394 g/mol. The van der Waals surface area contributed by atoms with Crippen LogP contribution in [0.5, 0.6) is 11.5 Å². The van der Waals surface area contributed by atoms with Crippen molar-refractivity contribution in [2.75, 3.05) is 5.32 Å². The van der Waals surface area contributed by atoms with Gasteiger partial charge in [-0.15, -0.1) is 8.78 Å². The summed E-state index contributed by atoms with van der Waals surface area (Å²) in [6.45, 7) is 0. The normalized spacial score (nSPS) is 18.7. The minimum atomic E-state index is -3.75. The van der Waals surface area contributed by atoms with E-state index in [9.17, 15) is 18.4 Å². The molecule has 1 heterocycles. The number of carbonyl (C=O) groups is 2. The van der Waals surface area contributed by atoms with E-state index in [1.807, 2.05) is 6.07 Å². The van der Waals surface area contributed by atoms with E-state index in [-0.39, 0.29) is 23.2 Å². The zero-order chi connectivity index (χ0) is 19.2. The molecule has 140 valence electrons. The lowest BCUT2D eigenvalue weighted by molar-refractivity contribution is -0.286. The third-order valence-corrected chi connectivity index (χ3v) is 4.74. The first kappa shape index (κ1) is 17.5. The van der Waals surface area contributed by atoms with Crippen LogP contribution in [0, 0.1) is 0 Å². The molecule has 1 aliphatic carbocycles. The van der Waals surface area contributed by atoms with Crippen LogP contribution in [-0.4, -0.2) is 18.1 Å². The van der Waals surface area contributed by atoms with Crippen LogP contribution in [-0.2, 0) is 16.0 Å². The van der Waals surface area contributed by atoms with E-state index < -0.39 is 18.1 Å². The number of benzene rings is 2. The highest BCUT2D eigenvalue weighted by atomic mass is 35.5. The maximum absolute atomic E-state index is 13.0. The zero-order valence-corrected chi connectivity index (χ0v) is 14.5. The molecule has 0 aromatic heterocycles. The van der Waals surface area contributed by atoms with Crippen molar-refractivity contribution in [3.8, 4) is 11.5 Å². The first-order valence-corrected chi connectivity index (χ1v) is 8.49. The summed E-state index contributed by atoms with van der Waals surface area (Å²) in [5.74, 6) is -2.13. The number of rotatable bonds is 2. The van der Waals surface area contributed by atoms with Gasteiger partial charge in [-0.3, -0.25) is 9.59 Å². The molecule has 2 N–H and O–H groups in total. The molecule has 2 aromatic rings. The SMILES string of the molecule is O=C(Nc1ccc2c(c1)OC(F)(F)O2)C(=O)NC1CCc2c(Cl)cccc21. The van der Waals surface area contributed by atoms with Gasteiger partial charge < -0.3 is 20.1 Å². The zero-order valence-electron chi connectivity index (χ0n) is 13.7. The average Bonchev–Trinajstić information content (AvgIpc) is 3.14. The first-order chi connectivity index (χ1) is 12.8. The van der Waals surface area contributed by atoms with Crippen molar-refractivity contribution >= 4 is 29.1 Å². The number of halogens is 3. The molecular formula is C18H13ClF2N2O4. The van der Waals surface area contributed by atoms with Crippen molar-refractivity contribution < 1.29 is 27.8 Å². The fourth-order valence-electron chi connectivity index (χ4n) is 3.20. The van der Waals surface area contributed by atoms with Gasteiger partial charge in [0.15, 0.2) is 11.5 Å². The molecule has 2 aliphatic rings. The summed E-state index contributed by atoms with van der Waals surface area (Å²) >= 11 is 6.14. The van der Waals surface area contributed by atoms with Gasteiger partial charge in [-0.2, -0.15) is 0 Å². The van der Waals surface area contributed by atoms with Crippen molar-refractivity contribution in [1.29, 1.82) is 0 Å². The highest BCUT2D eigenvalue weighted by Crippen LogP contribution is 2.42. The van der Waals surface area contributed by atoms with E-state index in [4.69, 9.17) is 11.6 Å². The number of anilines is 1. The van der Waals surface area contributed by atoms with E-state index >= 15 is 0 Å². The Kier molecular flexibility index (Phi) is 4.15. The first-order valence-electron chi connectivity index (χ1n) is 8.11. The van der Waals surface area contributed by atoms with Gasteiger partial charge in [-0.25, -0.2) is 0 Å². The fourth-order valence-corrected chi connectivity index (χ4v) is 3.47. The Bertz CT molecular complexity index is 951. The molecule has 27 heavy (non-hydrogen) atoms. The number of amides is 2. The molecule has 6 nitrogen and oxygen atoms in total. The molecule has 0 saturated heterocycles. The number of alkyl halides is 2. The second kappa shape index (κ2) is 6.38. The van der Waals surface area contributed by atoms with Gasteiger partial charge in [0, 0.05) is 16.8 Å². The molecule has 0 bridgehead atoms. The molecule has 1 atom stereocenters. The third-order valence-electron chi connectivity index (χ3n) is 4.38. The lowest BCUT2D eigenvalue weighted by Crippen LogP contribution is -2.37. The van der Waals surface area contributed by atoms with Gasteiger partial charge in [-0.1, -0.05) is 23.7 Å². The molecular weight excluding hydrogens is 382 g/mol. The quantitative estimate of drug-likeness (QED) is 0.765. The molecule has 0 fully saturated rings. The van der Waals surface area contributed by atoms with Crippen LogP contribution in [0.4, 0.5) is 14.5 Å². The van der Waals surface area contributed by atoms with Crippen LogP contribution in [0.1, 0.15) is 23.6 Å². The predicted octanol–water partition coefficient (Wildman–Crippen LogP) is 3.40. The molecule has 0 radical (unpaired) electrons. The molecule has 2 aromatic carbocycles. The Morgan fingerprint density at radius 3 is 2.70 bits per heavy atom. The minimum absolute atomic E-state index is 0.130. The van der Waals surface area contributed by atoms with Gasteiger partial charge >= 0.3 is 18.1 Å². The van der Waals surface area contributed by atoms with Crippen LogP contribution in [0.25, 0.3) is 0 Å². The maximum atomic E-state index is 13.0. The molecule has 4 rings (SSSR count). The van der Waals surface area contributed by atoms with Crippen molar-refractivity contribution in [1.82, 2.24) is 5.32 Å². The van der Waals surface area contributed by atoms with Gasteiger partial charge in [0.2, 0.25) is 0 Å².